The van der Waals surface area contributed by atoms with Crippen LogP contribution < -0.4 is 4.72 Å². The van der Waals surface area contributed by atoms with Crippen LogP contribution in [-0.2, 0) is 10.0 Å². The fourth-order valence-electron chi connectivity index (χ4n) is 3.69. The highest BCUT2D eigenvalue weighted by Gasteiger charge is 2.39. The van der Waals surface area contributed by atoms with Gasteiger partial charge in [-0.2, -0.15) is 23.2 Å². The monoisotopic (exact) mass is 517 g/mol. The number of aromatic nitrogens is 3. The summed E-state index contributed by atoms with van der Waals surface area (Å²) in [5, 5.41) is 10.3. The lowest BCUT2D eigenvalue weighted by Crippen LogP contribution is -2.42. The van der Waals surface area contributed by atoms with Gasteiger partial charge in [0.05, 0.1) is 22.5 Å². The minimum Gasteiger partial charge on any atom is -0.291 e. The third kappa shape index (κ3) is 4.55. The number of sulfonamides is 1. The second kappa shape index (κ2) is 9.00. The molecule has 3 heterocycles. The first kappa shape index (κ1) is 25.3. The molecule has 0 amide bonds. The van der Waals surface area contributed by atoms with Crippen LogP contribution in [0.5, 0.6) is 0 Å². The van der Waals surface area contributed by atoms with Crippen LogP contribution in [0.1, 0.15) is 23.6 Å². The quantitative estimate of drug-likeness (QED) is 0.378. The Balaban J connectivity index is 1.92. The molecule has 7 nitrogen and oxygen atoms in total. The Labute approximate surface area is 204 Å². The molecule has 1 N–H and O–H groups in total. The molecule has 0 fully saturated rings. The normalized spacial score (nSPS) is 13.1. The van der Waals surface area contributed by atoms with Gasteiger partial charge in [0.1, 0.15) is 28.6 Å². The Morgan fingerprint density at radius 1 is 1.11 bits per heavy atom. The summed E-state index contributed by atoms with van der Waals surface area (Å²) in [4.78, 5) is 8.04. The third-order valence-electron chi connectivity index (χ3n) is 5.60. The van der Waals surface area contributed by atoms with Crippen molar-refractivity contribution in [3.05, 3.63) is 71.3 Å². The largest absolute Gasteiger partial charge is 0.404 e. The molecular formula is C24H19F4N5O2S. The molecule has 36 heavy (non-hydrogen) atoms. The van der Waals surface area contributed by atoms with E-state index in [2.05, 4.69) is 16.0 Å². The SMILES string of the molecule is Cc1ccnc(-n2c(-c3ccc(S(=O)(=O)N[C@@H](C)C(F)(F)F)cn3)c(C#N)c3cc(F)c(C)cc32)c1. The van der Waals surface area contributed by atoms with E-state index in [1.165, 1.54) is 12.1 Å². The Hall–Kier alpha value is -3.82. The number of nitrogens with zero attached hydrogens (tertiary/aromatic N) is 4. The summed E-state index contributed by atoms with van der Waals surface area (Å²) in [7, 11) is -4.53. The van der Waals surface area contributed by atoms with Crippen LogP contribution in [0.25, 0.3) is 28.1 Å². The van der Waals surface area contributed by atoms with Gasteiger partial charge in [-0.05, 0) is 68.3 Å². The van der Waals surface area contributed by atoms with Crippen molar-refractivity contribution in [2.24, 2.45) is 0 Å². The van der Waals surface area contributed by atoms with Crippen LogP contribution in [0.4, 0.5) is 17.6 Å². The highest BCUT2D eigenvalue weighted by molar-refractivity contribution is 7.89. The van der Waals surface area contributed by atoms with E-state index < -0.39 is 33.0 Å². The molecule has 12 heteroatoms. The minimum atomic E-state index is -4.77. The zero-order chi connectivity index (χ0) is 26.4. The third-order valence-corrected chi connectivity index (χ3v) is 7.13. The fraction of sp³-hybridized carbons (Fsp3) is 0.208. The van der Waals surface area contributed by atoms with E-state index in [4.69, 9.17) is 0 Å². The molecule has 0 spiro atoms. The Morgan fingerprint density at radius 3 is 2.42 bits per heavy atom. The van der Waals surface area contributed by atoms with Gasteiger partial charge in [0.15, 0.2) is 0 Å². The van der Waals surface area contributed by atoms with E-state index in [1.807, 2.05) is 6.92 Å². The van der Waals surface area contributed by atoms with Crippen molar-refractivity contribution in [1.82, 2.24) is 19.3 Å². The number of alkyl halides is 3. The number of hydrogen-bond donors (Lipinski definition) is 1. The number of hydrogen-bond acceptors (Lipinski definition) is 5. The second-order valence-corrected chi connectivity index (χ2v) is 9.96. The first-order valence-corrected chi connectivity index (χ1v) is 12.0. The number of halogens is 4. The molecule has 1 atom stereocenters. The molecular weight excluding hydrogens is 498 g/mol. The number of rotatable bonds is 5. The van der Waals surface area contributed by atoms with Gasteiger partial charge in [0.2, 0.25) is 10.0 Å². The van der Waals surface area contributed by atoms with E-state index in [0.717, 1.165) is 17.8 Å². The van der Waals surface area contributed by atoms with Gasteiger partial charge in [-0.1, -0.05) is 0 Å². The van der Waals surface area contributed by atoms with Crippen molar-refractivity contribution < 1.29 is 26.0 Å². The molecule has 0 saturated heterocycles. The Morgan fingerprint density at radius 2 is 1.83 bits per heavy atom. The standard InChI is InChI=1S/C24H19F4N5O2S/c1-13-6-7-30-22(8-13)33-21-9-14(2)19(25)10-17(21)18(11-29)23(33)20-5-4-16(12-31-20)36(34,35)32-15(3)24(26,27)28/h4-10,12,15,32H,1-3H3/t15-/m0/s1. The van der Waals surface area contributed by atoms with Gasteiger partial charge < -0.3 is 0 Å². The summed E-state index contributed by atoms with van der Waals surface area (Å²) in [5.74, 6) is -0.0964. The van der Waals surface area contributed by atoms with Gasteiger partial charge in [-0.3, -0.25) is 9.55 Å². The maximum absolute atomic E-state index is 14.4. The predicted octanol–water partition coefficient (Wildman–Crippen LogP) is 4.94. The molecule has 0 saturated carbocycles. The molecule has 186 valence electrons. The van der Waals surface area contributed by atoms with E-state index in [0.29, 0.717) is 29.2 Å². The molecule has 1 aromatic carbocycles. The first-order chi connectivity index (χ1) is 16.8. The Kier molecular flexibility index (Phi) is 6.32. The number of benzene rings is 1. The maximum atomic E-state index is 14.4. The summed E-state index contributed by atoms with van der Waals surface area (Å²) >= 11 is 0. The van der Waals surface area contributed by atoms with Crippen molar-refractivity contribution >= 4 is 20.9 Å². The van der Waals surface area contributed by atoms with Crippen molar-refractivity contribution in [1.29, 1.82) is 5.26 Å². The van der Waals surface area contributed by atoms with Gasteiger partial charge >= 0.3 is 6.18 Å². The van der Waals surface area contributed by atoms with Crippen LogP contribution in [0.2, 0.25) is 0 Å². The fourth-order valence-corrected chi connectivity index (χ4v) is 4.87. The molecule has 0 aliphatic carbocycles. The topological polar surface area (TPSA) is 101 Å². The average molecular weight is 518 g/mol. The lowest BCUT2D eigenvalue weighted by molar-refractivity contribution is -0.147. The van der Waals surface area contributed by atoms with Crippen LogP contribution >= 0.6 is 0 Å². The van der Waals surface area contributed by atoms with Crippen molar-refractivity contribution in [2.45, 2.75) is 37.9 Å². The van der Waals surface area contributed by atoms with E-state index in [1.54, 1.807) is 40.6 Å². The zero-order valence-corrected chi connectivity index (χ0v) is 20.0. The average Bonchev–Trinajstić information content (AvgIpc) is 3.11. The summed E-state index contributed by atoms with van der Waals surface area (Å²) in [6.07, 6.45) is -2.30. The predicted molar refractivity (Wildman–Crippen MR) is 124 cm³/mol. The van der Waals surface area contributed by atoms with Crippen LogP contribution in [0.3, 0.4) is 0 Å². The van der Waals surface area contributed by atoms with Crippen molar-refractivity contribution in [2.75, 3.05) is 0 Å². The second-order valence-electron chi connectivity index (χ2n) is 8.24. The van der Waals surface area contributed by atoms with Crippen LogP contribution in [0.15, 0.2) is 53.7 Å². The van der Waals surface area contributed by atoms with Crippen molar-refractivity contribution in [3.63, 3.8) is 0 Å². The maximum Gasteiger partial charge on any atom is 0.404 e. The minimum absolute atomic E-state index is 0.0825. The number of pyridine rings is 2. The molecule has 0 radical (unpaired) electrons. The number of aryl methyl sites for hydroxylation is 2. The zero-order valence-electron chi connectivity index (χ0n) is 19.2. The highest BCUT2D eigenvalue weighted by Crippen LogP contribution is 2.36. The first-order valence-electron chi connectivity index (χ1n) is 10.6. The molecule has 3 aromatic heterocycles. The van der Waals surface area contributed by atoms with Gasteiger partial charge in [0.25, 0.3) is 0 Å². The van der Waals surface area contributed by atoms with Gasteiger partial charge in [-0.25, -0.2) is 17.8 Å². The van der Waals surface area contributed by atoms with Crippen molar-refractivity contribution in [3.8, 4) is 23.3 Å². The van der Waals surface area contributed by atoms with Gasteiger partial charge in [0, 0.05) is 17.8 Å². The van der Waals surface area contributed by atoms with Crippen LogP contribution in [0, 0.1) is 31.0 Å². The number of nitrogens with one attached hydrogen (secondary N) is 1. The molecule has 0 bridgehead atoms. The highest BCUT2D eigenvalue weighted by atomic mass is 32.2. The van der Waals surface area contributed by atoms with Crippen LogP contribution in [-0.4, -0.2) is 35.2 Å². The number of nitriles is 1. The molecule has 4 aromatic rings. The molecule has 4 rings (SSSR count). The molecule has 0 aliphatic rings. The summed E-state index contributed by atoms with van der Waals surface area (Å²) in [6, 6.07) is 8.46. The summed E-state index contributed by atoms with van der Waals surface area (Å²) in [6.45, 7) is 4.11. The van der Waals surface area contributed by atoms with E-state index in [9.17, 15) is 31.2 Å². The number of fused-ring (bicyclic) bond motifs is 1. The summed E-state index contributed by atoms with van der Waals surface area (Å²) < 4.78 is 81.1. The van der Waals surface area contributed by atoms with E-state index in [-0.39, 0.29) is 17.0 Å². The van der Waals surface area contributed by atoms with Gasteiger partial charge in [-0.15, -0.1) is 0 Å². The lowest BCUT2D eigenvalue weighted by Gasteiger charge is -2.17. The summed E-state index contributed by atoms with van der Waals surface area (Å²) in [5.41, 5.74) is 2.15. The Bertz CT molecular complexity index is 1620. The smallest absolute Gasteiger partial charge is 0.291 e. The lowest BCUT2D eigenvalue weighted by atomic mass is 10.1. The molecule has 0 aliphatic heterocycles. The van der Waals surface area contributed by atoms with E-state index >= 15 is 0 Å². The molecule has 0 unspecified atom stereocenters.